The van der Waals surface area contributed by atoms with Gasteiger partial charge in [-0.05, 0) is 18.2 Å². The van der Waals surface area contributed by atoms with Gasteiger partial charge in [-0.3, -0.25) is 4.79 Å². The van der Waals surface area contributed by atoms with Crippen molar-refractivity contribution in [2.45, 2.75) is 11.0 Å². The predicted octanol–water partition coefficient (Wildman–Crippen LogP) is 0.200. The van der Waals surface area contributed by atoms with E-state index in [-0.39, 0.29) is 38.6 Å². The standard InChI is InChI=1S/C15H19FN2O6S/c16-12-2-1-11(17-15(19)13-10-23-7-8-24-13)9-14(12)25(20,21)18-3-5-22-6-4-18/h1-2,9,13H,3-8,10H2,(H,17,19). The number of nitrogens with zero attached hydrogens (tertiary/aromatic N) is 1. The van der Waals surface area contributed by atoms with Crippen molar-refractivity contribution in [3.63, 3.8) is 0 Å². The molecule has 0 aromatic heterocycles. The van der Waals surface area contributed by atoms with Crippen molar-refractivity contribution in [2.75, 3.05) is 51.4 Å². The summed E-state index contributed by atoms with van der Waals surface area (Å²) in [6.07, 6.45) is -0.780. The summed E-state index contributed by atoms with van der Waals surface area (Å²) in [4.78, 5) is 11.7. The Hall–Kier alpha value is -1.59. The second-order valence-electron chi connectivity index (χ2n) is 5.59. The molecular formula is C15H19FN2O6S. The van der Waals surface area contributed by atoms with Crippen molar-refractivity contribution < 1.29 is 31.8 Å². The Morgan fingerprint density at radius 1 is 1.16 bits per heavy atom. The SMILES string of the molecule is O=C(Nc1ccc(F)c(S(=O)(=O)N2CCOCC2)c1)C1COCCO1. The van der Waals surface area contributed by atoms with Crippen LogP contribution in [0, 0.1) is 5.82 Å². The molecule has 2 fully saturated rings. The zero-order valence-electron chi connectivity index (χ0n) is 13.4. The number of amides is 1. The molecule has 0 bridgehead atoms. The van der Waals surface area contributed by atoms with Gasteiger partial charge >= 0.3 is 0 Å². The molecule has 138 valence electrons. The molecule has 1 N–H and O–H groups in total. The van der Waals surface area contributed by atoms with Crippen LogP contribution in [0.15, 0.2) is 23.1 Å². The number of hydrogen-bond donors (Lipinski definition) is 1. The lowest BCUT2D eigenvalue weighted by Gasteiger charge is -2.26. The van der Waals surface area contributed by atoms with Crippen LogP contribution in [0.4, 0.5) is 10.1 Å². The van der Waals surface area contributed by atoms with E-state index in [0.717, 1.165) is 12.1 Å². The van der Waals surface area contributed by atoms with Gasteiger partial charge in [0.25, 0.3) is 5.91 Å². The molecule has 1 aromatic rings. The van der Waals surface area contributed by atoms with Crippen LogP contribution >= 0.6 is 0 Å². The van der Waals surface area contributed by atoms with Crippen molar-refractivity contribution in [1.29, 1.82) is 0 Å². The Kier molecular flexibility index (Phi) is 5.64. The van der Waals surface area contributed by atoms with Gasteiger partial charge in [0.2, 0.25) is 10.0 Å². The Morgan fingerprint density at radius 3 is 2.60 bits per heavy atom. The first-order valence-corrected chi connectivity index (χ1v) is 9.30. The molecular weight excluding hydrogens is 355 g/mol. The lowest BCUT2D eigenvalue weighted by atomic mass is 10.2. The van der Waals surface area contributed by atoms with Crippen molar-refractivity contribution in [3.8, 4) is 0 Å². The first kappa shape index (κ1) is 18.2. The maximum Gasteiger partial charge on any atom is 0.255 e. The van der Waals surface area contributed by atoms with Gasteiger partial charge in [-0.1, -0.05) is 0 Å². The highest BCUT2D eigenvalue weighted by molar-refractivity contribution is 7.89. The van der Waals surface area contributed by atoms with Gasteiger partial charge in [0.05, 0.1) is 33.0 Å². The fraction of sp³-hybridized carbons (Fsp3) is 0.533. The number of carbonyl (C=O) groups excluding carboxylic acids is 1. The lowest BCUT2D eigenvalue weighted by molar-refractivity contribution is -0.142. The quantitative estimate of drug-likeness (QED) is 0.809. The maximum absolute atomic E-state index is 14.1. The van der Waals surface area contributed by atoms with Crippen LogP contribution < -0.4 is 5.32 Å². The van der Waals surface area contributed by atoms with E-state index in [1.54, 1.807) is 0 Å². The van der Waals surface area contributed by atoms with Crippen LogP contribution in [-0.2, 0) is 29.0 Å². The highest BCUT2D eigenvalue weighted by Crippen LogP contribution is 2.24. The zero-order valence-corrected chi connectivity index (χ0v) is 14.3. The number of rotatable bonds is 4. The topological polar surface area (TPSA) is 94.2 Å². The Bertz CT molecular complexity index is 730. The summed E-state index contributed by atoms with van der Waals surface area (Å²) in [6, 6.07) is 3.43. The number of nitrogens with one attached hydrogen (secondary N) is 1. The van der Waals surface area contributed by atoms with Gasteiger partial charge in [0, 0.05) is 18.8 Å². The van der Waals surface area contributed by atoms with Gasteiger partial charge in [-0.15, -0.1) is 0 Å². The summed E-state index contributed by atoms with van der Waals surface area (Å²) in [5.74, 6) is -1.34. The van der Waals surface area contributed by atoms with E-state index in [1.165, 1.54) is 10.4 Å². The monoisotopic (exact) mass is 374 g/mol. The Balaban J connectivity index is 1.79. The number of benzene rings is 1. The zero-order chi connectivity index (χ0) is 17.9. The number of ether oxygens (including phenoxy) is 3. The van der Waals surface area contributed by atoms with E-state index >= 15 is 0 Å². The fourth-order valence-corrected chi connectivity index (χ4v) is 4.07. The van der Waals surface area contributed by atoms with E-state index in [9.17, 15) is 17.6 Å². The summed E-state index contributed by atoms with van der Waals surface area (Å²) in [5.41, 5.74) is 0.174. The summed E-state index contributed by atoms with van der Waals surface area (Å²) in [5, 5.41) is 2.54. The van der Waals surface area contributed by atoms with E-state index < -0.39 is 32.7 Å². The van der Waals surface area contributed by atoms with Gasteiger partial charge in [-0.2, -0.15) is 4.31 Å². The molecule has 1 amide bonds. The molecule has 2 heterocycles. The van der Waals surface area contributed by atoms with E-state index in [2.05, 4.69) is 5.32 Å². The van der Waals surface area contributed by atoms with E-state index in [4.69, 9.17) is 14.2 Å². The minimum absolute atomic E-state index is 0.117. The smallest absolute Gasteiger partial charge is 0.255 e. The number of sulfonamides is 1. The fourth-order valence-electron chi connectivity index (χ4n) is 2.57. The Morgan fingerprint density at radius 2 is 1.92 bits per heavy atom. The van der Waals surface area contributed by atoms with Crippen molar-refractivity contribution >= 4 is 21.6 Å². The van der Waals surface area contributed by atoms with Gasteiger partial charge < -0.3 is 19.5 Å². The van der Waals surface area contributed by atoms with Crippen molar-refractivity contribution in [1.82, 2.24) is 4.31 Å². The predicted molar refractivity (Wildman–Crippen MR) is 85.2 cm³/mol. The summed E-state index contributed by atoms with van der Waals surface area (Å²) >= 11 is 0. The first-order valence-electron chi connectivity index (χ1n) is 7.86. The molecule has 3 rings (SSSR count). The third-order valence-electron chi connectivity index (χ3n) is 3.89. The Labute approximate surface area is 144 Å². The number of halogens is 1. The molecule has 1 unspecified atom stereocenters. The van der Waals surface area contributed by atoms with E-state index in [0.29, 0.717) is 13.2 Å². The molecule has 10 heteroatoms. The van der Waals surface area contributed by atoms with Crippen LogP contribution in [0.5, 0.6) is 0 Å². The van der Waals surface area contributed by atoms with E-state index in [1.807, 2.05) is 0 Å². The van der Waals surface area contributed by atoms with Crippen LogP contribution in [0.3, 0.4) is 0 Å². The molecule has 0 radical (unpaired) electrons. The average molecular weight is 374 g/mol. The van der Waals surface area contributed by atoms with Crippen LogP contribution in [0.2, 0.25) is 0 Å². The molecule has 0 aliphatic carbocycles. The number of carbonyl (C=O) groups is 1. The summed E-state index contributed by atoms with van der Waals surface area (Å²) < 4.78 is 56.1. The average Bonchev–Trinajstić information content (AvgIpc) is 2.64. The minimum Gasteiger partial charge on any atom is -0.379 e. The third kappa shape index (κ3) is 4.15. The van der Waals surface area contributed by atoms with Gasteiger partial charge in [0.1, 0.15) is 10.7 Å². The van der Waals surface area contributed by atoms with Crippen LogP contribution in [0.25, 0.3) is 0 Å². The highest BCUT2D eigenvalue weighted by Gasteiger charge is 2.30. The molecule has 8 nitrogen and oxygen atoms in total. The molecule has 2 saturated heterocycles. The minimum atomic E-state index is -4.00. The molecule has 25 heavy (non-hydrogen) atoms. The first-order chi connectivity index (χ1) is 12.0. The highest BCUT2D eigenvalue weighted by atomic mass is 32.2. The molecule has 2 aliphatic rings. The maximum atomic E-state index is 14.1. The number of hydrogen-bond acceptors (Lipinski definition) is 6. The number of anilines is 1. The second kappa shape index (κ2) is 7.75. The van der Waals surface area contributed by atoms with Crippen molar-refractivity contribution in [3.05, 3.63) is 24.0 Å². The summed E-state index contributed by atoms with van der Waals surface area (Å²) in [7, 11) is -4.00. The lowest BCUT2D eigenvalue weighted by Crippen LogP contribution is -2.41. The molecule has 0 saturated carbocycles. The third-order valence-corrected chi connectivity index (χ3v) is 5.81. The van der Waals surface area contributed by atoms with Gasteiger partial charge in [-0.25, -0.2) is 12.8 Å². The molecule has 0 spiro atoms. The molecule has 1 atom stereocenters. The number of morpholine rings is 1. The molecule has 1 aromatic carbocycles. The normalized spacial score (nSPS) is 22.5. The van der Waals surface area contributed by atoms with Gasteiger partial charge in [0.15, 0.2) is 6.10 Å². The summed E-state index contributed by atoms with van der Waals surface area (Å²) in [6.45, 7) is 1.68. The van der Waals surface area contributed by atoms with Crippen molar-refractivity contribution in [2.24, 2.45) is 0 Å². The second-order valence-corrected chi connectivity index (χ2v) is 7.49. The van der Waals surface area contributed by atoms with Crippen LogP contribution in [-0.4, -0.2) is 70.9 Å². The largest absolute Gasteiger partial charge is 0.379 e. The van der Waals surface area contributed by atoms with Crippen LogP contribution in [0.1, 0.15) is 0 Å². The molecule has 2 aliphatic heterocycles.